The minimum Gasteiger partial charge on any atom is -0.508 e. The molecule has 3 aliphatic rings. The van der Waals surface area contributed by atoms with Crippen LogP contribution < -0.4 is 9.47 Å². The van der Waals surface area contributed by atoms with Gasteiger partial charge in [0.05, 0.1) is 20.6 Å². The van der Waals surface area contributed by atoms with Gasteiger partial charge in [0.15, 0.2) is 23.0 Å². The molecule has 10 nitrogen and oxygen atoms in total. The van der Waals surface area contributed by atoms with Crippen molar-refractivity contribution in [2.24, 2.45) is 23.2 Å². The molecule has 0 radical (unpaired) electrons. The number of phenols is 3. The number of ether oxygens (including phenoxy) is 4. The Balaban J connectivity index is 1.19. The van der Waals surface area contributed by atoms with Crippen LogP contribution in [0.5, 0.6) is 28.7 Å². The Morgan fingerprint density at radius 3 is 2.19 bits per heavy atom. The summed E-state index contributed by atoms with van der Waals surface area (Å²) in [5, 5.41) is 45.2. The molecule has 6 aromatic rings. The Labute approximate surface area is 391 Å². The number of carbonyl (C=O) groups is 2. The van der Waals surface area contributed by atoms with E-state index in [0.717, 1.165) is 55.3 Å². The molecule has 1 saturated carbocycles. The summed E-state index contributed by atoms with van der Waals surface area (Å²) in [6, 6.07) is 36.6. The maximum absolute atomic E-state index is 14.5. The third-order valence-corrected chi connectivity index (χ3v) is 14.6. The third-order valence-electron chi connectivity index (χ3n) is 14.6. The van der Waals surface area contributed by atoms with E-state index in [1.165, 1.54) is 21.1 Å². The number of allylic oxidation sites excluding steroid dienone is 1. The molecule has 0 heterocycles. The highest BCUT2D eigenvalue weighted by Crippen LogP contribution is 2.62. The van der Waals surface area contributed by atoms with Crippen LogP contribution in [0, 0.1) is 23.2 Å². The van der Waals surface area contributed by atoms with Gasteiger partial charge in [0, 0.05) is 31.3 Å². The average molecular weight is 903 g/mol. The van der Waals surface area contributed by atoms with Gasteiger partial charge in [0.1, 0.15) is 18.0 Å². The number of carbonyl (C=O) groups excluding carboxylic acids is 2. The summed E-state index contributed by atoms with van der Waals surface area (Å²) >= 11 is 0. The van der Waals surface area contributed by atoms with Gasteiger partial charge in [-0.25, -0.2) is 0 Å². The Hall–Kier alpha value is -6.78. The maximum atomic E-state index is 14.5. The molecule has 0 bridgehead atoms. The third kappa shape index (κ3) is 9.19. The topological polar surface area (TPSA) is 152 Å². The molecule has 0 spiro atoms. The van der Waals surface area contributed by atoms with Crippen LogP contribution >= 0.6 is 0 Å². The molecule has 346 valence electrons. The number of esters is 2. The predicted molar refractivity (Wildman–Crippen MR) is 257 cm³/mol. The van der Waals surface area contributed by atoms with Gasteiger partial charge in [0.2, 0.25) is 0 Å². The normalized spacial score (nSPS) is 23.2. The van der Waals surface area contributed by atoms with Crippen molar-refractivity contribution < 1.29 is 49.0 Å². The van der Waals surface area contributed by atoms with E-state index < -0.39 is 29.6 Å². The zero-order valence-corrected chi connectivity index (χ0v) is 38.2. The smallest absolute Gasteiger partial charge is 0.310 e. The van der Waals surface area contributed by atoms with Gasteiger partial charge in [-0.05, 0) is 154 Å². The van der Waals surface area contributed by atoms with Crippen LogP contribution in [-0.2, 0) is 44.7 Å². The summed E-state index contributed by atoms with van der Waals surface area (Å²) in [5.74, 6) is -0.729. The first-order chi connectivity index (χ1) is 32.5. The molecule has 0 amide bonds. The number of hydrogen-bond acceptors (Lipinski definition) is 10. The molecular formula is C57H58O10. The zero-order chi connectivity index (χ0) is 46.8. The second-order valence-electron chi connectivity index (χ2n) is 18.6. The molecule has 9 rings (SSSR count). The van der Waals surface area contributed by atoms with Gasteiger partial charge in [0.25, 0.3) is 0 Å². The summed E-state index contributed by atoms with van der Waals surface area (Å²) in [7, 11) is 3.07. The lowest BCUT2D eigenvalue weighted by Crippen LogP contribution is -2.56. The second-order valence-corrected chi connectivity index (χ2v) is 18.6. The number of aliphatic hydroxyl groups excluding tert-OH is 1. The van der Waals surface area contributed by atoms with Crippen LogP contribution in [0.4, 0.5) is 0 Å². The summed E-state index contributed by atoms with van der Waals surface area (Å²) in [4.78, 5) is 27.8. The van der Waals surface area contributed by atoms with Crippen LogP contribution in [-0.4, -0.2) is 65.4 Å². The van der Waals surface area contributed by atoms with Crippen molar-refractivity contribution in [1.82, 2.24) is 0 Å². The van der Waals surface area contributed by atoms with Crippen molar-refractivity contribution in [3.63, 3.8) is 0 Å². The highest BCUT2D eigenvalue weighted by molar-refractivity contribution is 5.98. The lowest BCUT2D eigenvalue weighted by molar-refractivity contribution is -0.165. The number of fused-ring (bicyclic) bond motifs is 7. The van der Waals surface area contributed by atoms with Crippen LogP contribution in [0.2, 0.25) is 0 Å². The SMILES string of the molecule is COc1cc2c(cc1O)CC1(C=Cc3ccccc3)C(C2)C(OC(C)=O)CC(OC(=O)Cc2ccc3cc(O)cc(-c4ccccc4)c3c2)CC2c3cc(OC)c(O)cc3CC(CCCO)C21. The number of methoxy groups -OCH3 is 2. The number of aromatic hydroxyl groups is 3. The monoisotopic (exact) mass is 902 g/mol. The first kappa shape index (κ1) is 45.4. The van der Waals surface area contributed by atoms with E-state index in [1.54, 1.807) is 24.3 Å². The summed E-state index contributed by atoms with van der Waals surface area (Å²) in [5.41, 5.74) is 6.74. The van der Waals surface area contributed by atoms with E-state index in [4.69, 9.17) is 18.9 Å². The highest BCUT2D eigenvalue weighted by Gasteiger charge is 2.58. The average Bonchev–Trinajstić information content (AvgIpc) is 3.31. The largest absolute Gasteiger partial charge is 0.508 e. The molecular weight excluding hydrogens is 845 g/mol. The number of rotatable bonds is 12. The Morgan fingerprint density at radius 1 is 0.761 bits per heavy atom. The Morgan fingerprint density at radius 2 is 1.48 bits per heavy atom. The molecule has 3 aliphatic carbocycles. The molecule has 0 saturated heterocycles. The highest BCUT2D eigenvalue weighted by atomic mass is 16.6. The predicted octanol–water partition coefficient (Wildman–Crippen LogP) is 10.3. The van der Waals surface area contributed by atoms with Crippen molar-refractivity contribution >= 4 is 28.8 Å². The molecule has 1 fully saturated rings. The van der Waals surface area contributed by atoms with Crippen LogP contribution in [0.1, 0.15) is 71.9 Å². The Bertz CT molecular complexity index is 2800. The van der Waals surface area contributed by atoms with Gasteiger partial charge in [-0.1, -0.05) is 84.9 Å². The molecule has 0 aliphatic heterocycles. The fourth-order valence-electron chi connectivity index (χ4n) is 12.0. The van der Waals surface area contributed by atoms with E-state index in [-0.39, 0.29) is 60.4 Å². The van der Waals surface area contributed by atoms with E-state index in [1.807, 2.05) is 78.9 Å². The second kappa shape index (κ2) is 19.2. The maximum Gasteiger partial charge on any atom is 0.310 e. The molecule has 0 aromatic heterocycles. The molecule has 7 atom stereocenters. The first-order valence-electron chi connectivity index (χ1n) is 23.3. The van der Waals surface area contributed by atoms with Crippen LogP contribution in [0.15, 0.2) is 121 Å². The van der Waals surface area contributed by atoms with Crippen molar-refractivity contribution in [3.8, 4) is 39.9 Å². The lowest BCUT2D eigenvalue weighted by atomic mass is 9.47. The molecule has 6 aromatic carbocycles. The lowest BCUT2D eigenvalue weighted by Gasteiger charge is -2.58. The zero-order valence-electron chi connectivity index (χ0n) is 38.2. The van der Waals surface area contributed by atoms with Crippen LogP contribution in [0.3, 0.4) is 0 Å². The van der Waals surface area contributed by atoms with Gasteiger partial charge in [-0.2, -0.15) is 0 Å². The minimum absolute atomic E-state index is 0.000474. The minimum atomic E-state index is -0.706. The van der Waals surface area contributed by atoms with E-state index in [2.05, 4.69) is 24.3 Å². The van der Waals surface area contributed by atoms with Crippen molar-refractivity contribution in [3.05, 3.63) is 155 Å². The standard InChI is InChI=1S/C57H58O10/c1-34(59)66-52-31-44(67-55(63)22-36-16-17-38-24-43(60)29-46(45(38)21-36)37-13-8-5-9-14-37)30-48-47-32-54(65-3)50(61)26-41(47)23-39(15-10-20-58)56(48)57(19-18-35-11-6-4-7-12-35)33-42-27-51(62)53(64-2)28-40(42)25-49(52)57/h4-9,11-14,16-19,21,24,26-29,32,39,44,48-49,52,56,58,60-62H,10,15,20,22-23,25,30-31,33H2,1-3H3. The van der Waals surface area contributed by atoms with Crippen molar-refractivity contribution in [2.75, 3.05) is 20.8 Å². The summed E-state index contributed by atoms with van der Waals surface area (Å²) in [6.45, 7) is 1.42. The van der Waals surface area contributed by atoms with Gasteiger partial charge >= 0.3 is 11.9 Å². The number of hydrogen-bond donors (Lipinski definition) is 4. The number of phenolic OH excluding ortho intramolecular Hbond substituents is 3. The van der Waals surface area contributed by atoms with Gasteiger partial charge in [-0.15, -0.1) is 0 Å². The fourth-order valence-corrected chi connectivity index (χ4v) is 12.0. The molecule has 67 heavy (non-hydrogen) atoms. The van der Waals surface area contributed by atoms with Gasteiger partial charge < -0.3 is 39.4 Å². The quantitative estimate of drug-likeness (QED) is 0.0874. The number of aliphatic hydroxyl groups is 1. The Kier molecular flexibility index (Phi) is 13.0. The van der Waals surface area contributed by atoms with Crippen LogP contribution in [0.25, 0.3) is 28.0 Å². The summed E-state index contributed by atoms with van der Waals surface area (Å²) in [6.07, 6.45) is 6.48. The number of benzene rings is 6. The molecule has 7 unspecified atom stereocenters. The summed E-state index contributed by atoms with van der Waals surface area (Å²) < 4.78 is 24.5. The van der Waals surface area contributed by atoms with Crippen molar-refractivity contribution in [1.29, 1.82) is 0 Å². The van der Waals surface area contributed by atoms with E-state index >= 15 is 0 Å². The fraction of sp³-hybridized carbons (Fsp3) is 0.333. The van der Waals surface area contributed by atoms with Crippen molar-refractivity contribution in [2.45, 2.75) is 76.4 Å². The first-order valence-corrected chi connectivity index (χ1v) is 23.3. The van der Waals surface area contributed by atoms with E-state index in [9.17, 15) is 30.0 Å². The molecule has 4 N–H and O–H groups in total. The van der Waals surface area contributed by atoms with Gasteiger partial charge in [-0.3, -0.25) is 9.59 Å². The van der Waals surface area contributed by atoms with E-state index in [0.29, 0.717) is 50.0 Å². The molecule has 10 heteroatoms.